The zero-order valence-electron chi connectivity index (χ0n) is 25.0. The first-order valence-electron chi connectivity index (χ1n) is 15.8. The number of likely N-dealkylation sites (tertiary alicyclic amines) is 2. The number of carbonyl (C=O) groups is 2. The van der Waals surface area contributed by atoms with Gasteiger partial charge in [-0.2, -0.15) is 0 Å². The van der Waals surface area contributed by atoms with E-state index in [1.54, 1.807) is 17.6 Å². The van der Waals surface area contributed by atoms with Crippen molar-refractivity contribution in [2.75, 3.05) is 31.5 Å². The normalized spacial score (nSPS) is 25.3. The Labute approximate surface area is 251 Å². The molecular weight excluding hydrogens is 548 g/mol. The molecule has 2 atom stereocenters. The minimum Gasteiger partial charge on any atom is -0.458 e. The number of aliphatic hydroxyl groups is 1. The number of nitrogens with zero attached hydrogens (tertiary/aromatic N) is 3. The van der Waals surface area contributed by atoms with Gasteiger partial charge in [-0.1, -0.05) is 20.3 Å². The van der Waals surface area contributed by atoms with Gasteiger partial charge in [-0.15, -0.1) is 0 Å². The monoisotopic (exact) mass is 588 g/mol. The zero-order chi connectivity index (χ0) is 29.9. The van der Waals surface area contributed by atoms with E-state index in [4.69, 9.17) is 9.47 Å². The molecule has 0 bridgehead atoms. The Bertz CT molecular complexity index is 1570. The Morgan fingerprint density at radius 2 is 1.86 bits per heavy atom. The predicted molar refractivity (Wildman–Crippen MR) is 161 cm³/mol. The number of hydrogen-bond donors (Lipinski definition) is 2. The molecule has 0 aliphatic carbocycles. The maximum Gasteiger partial charge on any atom is 0.415 e. The average molecular weight is 589 g/mol. The van der Waals surface area contributed by atoms with E-state index in [1.165, 1.54) is 32.4 Å². The fourth-order valence-corrected chi connectivity index (χ4v) is 7.76. The van der Waals surface area contributed by atoms with E-state index in [2.05, 4.69) is 17.1 Å². The standard InChI is InChI=1S/C33H40N4O6/c1-3-22-23-16-21(43-32(40)36-14-10-20(11-15-36)35-12-6-5-7-13-35)8-9-27(23)34-29-24(22)18-37-28(29)17-26-25(30(37)38)19-42-31(39)33(26,41)4-2/h8-9,16-17,20,29,34,41H,3-7,10-15,18-19H2,1-2H3/t29-,33-/m0/s1. The lowest BCUT2D eigenvalue weighted by Gasteiger charge is -2.39. The molecule has 10 heteroatoms. The number of carbonyl (C=O) groups excluding carboxylic acids is 2. The molecule has 2 N–H and O–H groups in total. The summed E-state index contributed by atoms with van der Waals surface area (Å²) in [4.78, 5) is 43.7. The molecule has 1 aromatic carbocycles. The maximum absolute atomic E-state index is 13.6. The minimum atomic E-state index is -1.84. The molecule has 2 fully saturated rings. The van der Waals surface area contributed by atoms with Gasteiger partial charge in [-0.25, -0.2) is 9.59 Å². The molecule has 5 aliphatic heterocycles. The highest BCUT2D eigenvalue weighted by Gasteiger charge is 2.46. The first-order valence-corrected chi connectivity index (χ1v) is 15.8. The molecule has 7 rings (SSSR count). The molecular formula is C33H40N4O6. The van der Waals surface area contributed by atoms with Gasteiger partial charge in [0.15, 0.2) is 5.60 Å². The van der Waals surface area contributed by atoms with Crippen LogP contribution >= 0.6 is 0 Å². The van der Waals surface area contributed by atoms with Gasteiger partial charge in [0.1, 0.15) is 12.4 Å². The Morgan fingerprint density at radius 3 is 2.58 bits per heavy atom. The average Bonchev–Trinajstić information content (AvgIpc) is 3.41. The summed E-state index contributed by atoms with van der Waals surface area (Å²) in [7, 11) is 0. The largest absolute Gasteiger partial charge is 0.458 e. The van der Waals surface area contributed by atoms with E-state index in [0.717, 1.165) is 47.4 Å². The molecule has 0 saturated carbocycles. The van der Waals surface area contributed by atoms with Crippen molar-refractivity contribution in [2.24, 2.45) is 0 Å². The molecule has 228 valence electrons. The molecule has 1 aromatic heterocycles. The van der Waals surface area contributed by atoms with Crippen molar-refractivity contribution in [2.45, 2.75) is 89.6 Å². The lowest BCUT2D eigenvalue weighted by Crippen LogP contribution is -2.48. The van der Waals surface area contributed by atoms with Gasteiger partial charge in [-0.05, 0) is 87.0 Å². The molecule has 0 radical (unpaired) electrons. The fourth-order valence-electron chi connectivity index (χ4n) is 7.76. The summed E-state index contributed by atoms with van der Waals surface area (Å²) in [6, 6.07) is 7.74. The smallest absolute Gasteiger partial charge is 0.415 e. The molecule has 6 heterocycles. The van der Waals surface area contributed by atoms with Gasteiger partial charge in [0.25, 0.3) is 5.56 Å². The van der Waals surface area contributed by atoms with Crippen LogP contribution in [0, 0.1) is 0 Å². The fraction of sp³-hybridized carbons (Fsp3) is 0.545. The number of nitrogens with one attached hydrogen (secondary N) is 1. The van der Waals surface area contributed by atoms with Crippen LogP contribution in [0.15, 0.2) is 34.6 Å². The number of anilines is 1. The summed E-state index contributed by atoms with van der Waals surface area (Å²) in [5.74, 6) is -0.217. The highest BCUT2D eigenvalue weighted by Crippen LogP contribution is 2.47. The van der Waals surface area contributed by atoms with E-state index in [-0.39, 0.29) is 30.7 Å². The summed E-state index contributed by atoms with van der Waals surface area (Å²) in [6.07, 6.45) is 6.36. The molecule has 10 nitrogen and oxygen atoms in total. The van der Waals surface area contributed by atoms with E-state index >= 15 is 0 Å². The molecule has 2 saturated heterocycles. The van der Waals surface area contributed by atoms with Crippen molar-refractivity contribution in [3.05, 3.63) is 62.6 Å². The quantitative estimate of drug-likeness (QED) is 0.509. The van der Waals surface area contributed by atoms with Crippen molar-refractivity contribution >= 4 is 23.3 Å². The predicted octanol–water partition coefficient (Wildman–Crippen LogP) is 4.30. The molecule has 1 amide bonds. The minimum absolute atomic E-state index is 0.115. The number of amides is 1. The van der Waals surface area contributed by atoms with E-state index < -0.39 is 11.6 Å². The summed E-state index contributed by atoms with van der Waals surface area (Å²) in [5.41, 5.74) is 3.32. The summed E-state index contributed by atoms with van der Waals surface area (Å²) in [5, 5.41) is 14.8. The summed E-state index contributed by atoms with van der Waals surface area (Å²) in [6.45, 7) is 7.81. The zero-order valence-corrected chi connectivity index (χ0v) is 25.0. The van der Waals surface area contributed by atoms with Crippen LogP contribution < -0.4 is 15.6 Å². The topological polar surface area (TPSA) is 113 Å². The first kappa shape index (κ1) is 28.2. The van der Waals surface area contributed by atoms with Crippen LogP contribution in [0.2, 0.25) is 0 Å². The van der Waals surface area contributed by atoms with Crippen LogP contribution in [0.4, 0.5) is 10.5 Å². The number of hydrogen-bond acceptors (Lipinski definition) is 8. The van der Waals surface area contributed by atoms with Gasteiger partial charge in [0.05, 0.1) is 11.6 Å². The number of cyclic esters (lactones) is 1. The van der Waals surface area contributed by atoms with Crippen LogP contribution in [-0.2, 0) is 28.3 Å². The highest BCUT2D eigenvalue weighted by molar-refractivity contribution is 5.86. The van der Waals surface area contributed by atoms with Gasteiger partial charge < -0.3 is 34.3 Å². The third kappa shape index (κ3) is 4.57. The third-order valence-electron chi connectivity index (χ3n) is 10.2. The highest BCUT2D eigenvalue weighted by atomic mass is 16.6. The number of aromatic nitrogens is 1. The summed E-state index contributed by atoms with van der Waals surface area (Å²) < 4.78 is 12.8. The number of esters is 1. The Balaban J connectivity index is 1.12. The molecule has 5 aliphatic rings. The third-order valence-corrected chi connectivity index (χ3v) is 10.2. The Hall–Kier alpha value is -3.63. The van der Waals surface area contributed by atoms with E-state index in [0.29, 0.717) is 42.6 Å². The molecule has 0 spiro atoms. The maximum atomic E-state index is 13.6. The van der Waals surface area contributed by atoms with E-state index in [1.807, 2.05) is 23.1 Å². The second-order valence-corrected chi connectivity index (χ2v) is 12.5. The molecule has 43 heavy (non-hydrogen) atoms. The van der Waals surface area contributed by atoms with Crippen molar-refractivity contribution in [3.63, 3.8) is 0 Å². The summed E-state index contributed by atoms with van der Waals surface area (Å²) >= 11 is 0. The number of pyridine rings is 1. The number of benzene rings is 1. The number of ether oxygens (including phenoxy) is 2. The van der Waals surface area contributed by atoms with Gasteiger partial charge in [0, 0.05) is 48.2 Å². The Morgan fingerprint density at radius 1 is 1.09 bits per heavy atom. The second-order valence-electron chi connectivity index (χ2n) is 12.5. The van der Waals surface area contributed by atoms with Crippen molar-refractivity contribution in [1.29, 1.82) is 0 Å². The van der Waals surface area contributed by atoms with Crippen LogP contribution in [0.25, 0.3) is 5.57 Å². The van der Waals surface area contributed by atoms with Crippen LogP contribution in [-0.4, -0.2) is 63.8 Å². The second kappa shape index (κ2) is 10.8. The van der Waals surface area contributed by atoms with Crippen LogP contribution in [0.3, 0.4) is 0 Å². The SMILES string of the molecule is CCC1=C2Cn3c(cc4c(c3=O)COC(=O)[C@]4(O)CC)[C@H]2Nc2ccc(OC(=O)N3CCC(N4CCCCC4)CC3)cc21. The number of fused-ring (bicyclic) bond motifs is 5. The van der Waals surface area contributed by atoms with Gasteiger partial charge in [-0.3, -0.25) is 4.79 Å². The van der Waals surface area contributed by atoms with E-state index in [9.17, 15) is 19.5 Å². The Kier molecular flexibility index (Phi) is 7.09. The lowest BCUT2D eigenvalue weighted by molar-refractivity contribution is -0.172. The first-order chi connectivity index (χ1) is 20.8. The van der Waals surface area contributed by atoms with Gasteiger partial charge in [0.2, 0.25) is 0 Å². The number of allylic oxidation sites excluding steroid dienone is 1. The van der Waals surface area contributed by atoms with Gasteiger partial charge >= 0.3 is 12.1 Å². The molecule has 0 unspecified atom stereocenters. The number of rotatable bonds is 4. The lowest BCUT2D eigenvalue weighted by atomic mass is 9.84. The van der Waals surface area contributed by atoms with Crippen LogP contribution in [0.5, 0.6) is 5.75 Å². The molecule has 2 aromatic rings. The number of piperidine rings is 2. The van der Waals surface area contributed by atoms with Crippen molar-refractivity contribution < 1.29 is 24.2 Å². The van der Waals surface area contributed by atoms with Crippen molar-refractivity contribution in [1.82, 2.24) is 14.4 Å². The van der Waals surface area contributed by atoms with Crippen LogP contribution in [0.1, 0.15) is 87.2 Å². The van der Waals surface area contributed by atoms with Crippen molar-refractivity contribution in [3.8, 4) is 5.75 Å².